The van der Waals surface area contributed by atoms with Gasteiger partial charge in [0.1, 0.15) is 12.4 Å². The third-order valence-corrected chi connectivity index (χ3v) is 6.20. The quantitative estimate of drug-likeness (QED) is 0.726. The van der Waals surface area contributed by atoms with Crippen LogP contribution in [0.25, 0.3) is 0 Å². The van der Waals surface area contributed by atoms with Gasteiger partial charge in [-0.25, -0.2) is 13.2 Å². The summed E-state index contributed by atoms with van der Waals surface area (Å²) in [7, 11) is -1.98. The standard InChI is InChI=1S/C19H21NO5S/c1-24-17-9-7-15(8-10-17)14-25-19(21)16-5-4-6-18(13-16)26(22,23)20-11-2-3-12-20/h4-10,13H,2-3,11-12,14H2,1H3. The highest BCUT2D eigenvalue weighted by molar-refractivity contribution is 7.89. The molecule has 0 amide bonds. The number of rotatable bonds is 6. The van der Waals surface area contributed by atoms with Crippen molar-refractivity contribution in [2.75, 3.05) is 20.2 Å². The van der Waals surface area contributed by atoms with Gasteiger partial charge in [-0.2, -0.15) is 4.31 Å². The Morgan fingerprint density at radius 1 is 1.08 bits per heavy atom. The van der Waals surface area contributed by atoms with Crippen LogP contribution in [0.15, 0.2) is 53.4 Å². The van der Waals surface area contributed by atoms with Crippen LogP contribution in [0, 0.1) is 0 Å². The molecule has 1 fully saturated rings. The second-order valence-corrected chi connectivity index (χ2v) is 8.00. The van der Waals surface area contributed by atoms with E-state index < -0.39 is 16.0 Å². The Morgan fingerprint density at radius 3 is 2.42 bits per heavy atom. The van der Waals surface area contributed by atoms with E-state index in [1.165, 1.54) is 16.4 Å². The first-order valence-corrected chi connectivity index (χ1v) is 9.85. The molecule has 0 atom stereocenters. The lowest BCUT2D eigenvalue weighted by atomic mass is 10.2. The van der Waals surface area contributed by atoms with Crippen molar-refractivity contribution in [3.05, 3.63) is 59.7 Å². The fraction of sp³-hybridized carbons (Fsp3) is 0.316. The Hall–Kier alpha value is -2.38. The molecule has 26 heavy (non-hydrogen) atoms. The van der Waals surface area contributed by atoms with E-state index in [-0.39, 0.29) is 17.1 Å². The fourth-order valence-corrected chi connectivity index (χ4v) is 4.38. The van der Waals surface area contributed by atoms with Crippen molar-refractivity contribution in [1.29, 1.82) is 0 Å². The predicted molar refractivity (Wildman–Crippen MR) is 96.5 cm³/mol. The number of hydrogen-bond acceptors (Lipinski definition) is 5. The lowest BCUT2D eigenvalue weighted by Crippen LogP contribution is -2.28. The average Bonchev–Trinajstić information content (AvgIpc) is 3.22. The summed E-state index contributed by atoms with van der Waals surface area (Å²) in [5.74, 6) is 0.166. The molecule has 2 aromatic rings. The van der Waals surface area contributed by atoms with Crippen LogP contribution in [0.3, 0.4) is 0 Å². The van der Waals surface area contributed by atoms with Gasteiger partial charge in [0.15, 0.2) is 0 Å². The maximum absolute atomic E-state index is 12.6. The van der Waals surface area contributed by atoms with Gasteiger partial charge >= 0.3 is 5.97 Å². The number of sulfonamides is 1. The van der Waals surface area contributed by atoms with E-state index in [0.29, 0.717) is 13.1 Å². The number of nitrogens with zero attached hydrogens (tertiary/aromatic N) is 1. The topological polar surface area (TPSA) is 72.9 Å². The van der Waals surface area contributed by atoms with Crippen LogP contribution in [-0.2, 0) is 21.4 Å². The molecule has 0 unspecified atom stereocenters. The number of hydrogen-bond donors (Lipinski definition) is 0. The molecule has 138 valence electrons. The number of benzene rings is 2. The molecular weight excluding hydrogens is 354 g/mol. The second-order valence-electron chi connectivity index (χ2n) is 6.06. The summed E-state index contributed by atoms with van der Waals surface area (Å²) < 4.78 is 37.1. The van der Waals surface area contributed by atoms with Gasteiger partial charge in [-0.15, -0.1) is 0 Å². The molecule has 0 bridgehead atoms. The van der Waals surface area contributed by atoms with Crippen LogP contribution in [0.1, 0.15) is 28.8 Å². The Balaban J connectivity index is 1.69. The van der Waals surface area contributed by atoms with Crippen LogP contribution in [0.4, 0.5) is 0 Å². The molecular formula is C19H21NO5S. The molecule has 1 saturated heterocycles. The molecule has 0 radical (unpaired) electrons. The van der Waals surface area contributed by atoms with E-state index in [0.717, 1.165) is 24.2 Å². The summed E-state index contributed by atoms with van der Waals surface area (Å²) >= 11 is 0. The van der Waals surface area contributed by atoms with Gasteiger partial charge in [-0.1, -0.05) is 18.2 Å². The molecule has 1 aliphatic heterocycles. The van der Waals surface area contributed by atoms with Crippen LogP contribution in [0.5, 0.6) is 5.75 Å². The van der Waals surface area contributed by atoms with Crippen molar-refractivity contribution in [3.63, 3.8) is 0 Å². The van der Waals surface area contributed by atoms with Crippen LogP contribution >= 0.6 is 0 Å². The summed E-state index contributed by atoms with van der Waals surface area (Å²) in [4.78, 5) is 12.4. The third-order valence-electron chi connectivity index (χ3n) is 4.30. The van der Waals surface area contributed by atoms with Gasteiger partial charge in [0, 0.05) is 13.1 Å². The maximum Gasteiger partial charge on any atom is 0.338 e. The van der Waals surface area contributed by atoms with E-state index in [2.05, 4.69) is 0 Å². The second kappa shape index (κ2) is 7.88. The molecule has 6 nitrogen and oxygen atoms in total. The summed E-state index contributed by atoms with van der Waals surface area (Å²) in [5.41, 5.74) is 1.04. The van der Waals surface area contributed by atoms with Crippen LogP contribution < -0.4 is 4.74 Å². The minimum Gasteiger partial charge on any atom is -0.497 e. The molecule has 0 aliphatic carbocycles. The Kier molecular flexibility index (Phi) is 5.58. The summed E-state index contributed by atoms with van der Waals surface area (Å²) in [5, 5.41) is 0. The smallest absolute Gasteiger partial charge is 0.338 e. The Labute approximate surface area is 153 Å². The lowest BCUT2D eigenvalue weighted by molar-refractivity contribution is 0.0472. The van der Waals surface area contributed by atoms with E-state index in [1.807, 2.05) is 0 Å². The minimum absolute atomic E-state index is 0.103. The molecule has 1 heterocycles. The molecule has 0 spiro atoms. The van der Waals surface area contributed by atoms with Crippen molar-refractivity contribution < 1.29 is 22.7 Å². The highest BCUT2D eigenvalue weighted by Gasteiger charge is 2.27. The van der Waals surface area contributed by atoms with Crippen molar-refractivity contribution in [2.24, 2.45) is 0 Å². The summed E-state index contributed by atoms with van der Waals surface area (Å²) in [6.45, 7) is 1.15. The SMILES string of the molecule is COc1ccc(COC(=O)c2cccc(S(=O)(=O)N3CCCC3)c2)cc1. The summed E-state index contributed by atoms with van der Waals surface area (Å²) in [6.07, 6.45) is 1.73. The van der Waals surface area contributed by atoms with Crippen molar-refractivity contribution in [2.45, 2.75) is 24.3 Å². The van der Waals surface area contributed by atoms with Crippen molar-refractivity contribution >= 4 is 16.0 Å². The first kappa shape index (κ1) is 18.4. The molecule has 0 N–H and O–H groups in total. The zero-order valence-corrected chi connectivity index (χ0v) is 15.4. The Morgan fingerprint density at radius 2 is 1.77 bits per heavy atom. The van der Waals surface area contributed by atoms with Gasteiger partial charge in [0.2, 0.25) is 10.0 Å². The van der Waals surface area contributed by atoms with Crippen LogP contribution in [-0.4, -0.2) is 38.9 Å². The van der Waals surface area contributed by atoms with E-state index in [4.69, 9.17) is 9.47 Å². The molecule has 1 aliphatic rings. The number of carbonyl (C=O) groups is 1. The first-order chi connectivity index (χ1) is 12.5. The highest BCUT2D eigenvalue weighted by Crippen LogP contribution is 2.22. The van der Waals surface area contributed by atoms with Gasteiger partial charge in [0.05, 0.1) is 17.6 Å². The zero-order chi connectivity index (χ0) is 18.6. The molecule has 7 heteroatoms. The normalized spacial score (nSPS) is 15.0. The highest BCUT2D eigenvalue weighted by atomic mass is 32.2. The molecule has 0 aromatic heterocycles. The van der Waals surface area contributed by atoms with Crippen LogP contribution in [0.2, 0.25) is 0 Å². The zero-order valence-electron chi connectivity index (χ0n) is 14.6. The van der Waals surface area contributed by atoms with E-state index in [9.17, 15) is 13.2 Å². The number of carbonyl (C=O) groups excluding carboxylic acids is 1. The molecule has 3 rings (SSSR count). The van der Waals surface area contributed by atoms with Gasteiger partial charge in [-0.05, 0) is 48.7 Å². The third kappa shape index (κ3) is 4.05. The Bertz CT molecular complexity index is 871. The monoisotopic (exact) mass is 375 g/mol. The van der Waals surface area contributed by atoms with Gasteiger partial charge in [0.25, 0.3) is 0 Å². The molecule has 2 aromatic carbocycles. The number of methoxy groups -OCH3 is 1. The van der Waals surface area contributed by atoms with Crippen molar-refractivity contribution in [3.8, 4) is 5.75 Å². The predicted octanol–water partition coefficient (Wildman–Crippen LogP) is 2.84. The van der Waals surface area contributed by atoms with Gasteiger partial charge < -0.3 is 9.47 Å². The van der Waals surface area contributed by atoms with Gasteiger partial charge in [-0.3, -0.25) is 0 Å². The van der Waals surface area contributed by atoms with E-state index >= 15 is 0 Å². The number of ether oxygens (including phenoxy) is 2. The number of esters is 1. The maximum atomic E-state index is 12.6. The minimum atomic E-state index is -3.56. The lowest BCUT2D eigenvalue weighted by Gasteiger charge is -2.15. The van der Waals surface area contributed by atoms with E-state index in [1.54, 1.807) is 43.5 Å². The first-order valence-electron chi connectivity index (χ1n) is 8.41. The largest absolute Gasteiger partial charge is 0.497 e. The summed E-state index contributed by atoms with van der Waals surface area (Å²) in [6, 6.07) is 13.2. The fourth-order valence-electron chi connectivity index (χ4n) is 2.82. The van der Waals surface area contributed by atoms with Crippen molar-refractivity contribution in [1.82, 2.24) is 4.31 Å². The average molecular weight is 375 g/mol. The molecule has 0 saturated carbocycles.